The maximum atomic E-state index is 12.8. The molecule has 0 saturated carbocycles. The Morgan fingerprint density at radius 2 is 1.56 bits per heavy atom. The lowest BCUT2D eigenvalue weighted by Gasteiger charge is -2.14. The fraction of sp³-hybridized carbons (Fsp3) is 0.714. The molecule has 0 N–H and O–H groups in total. The van der Waals surface area contributed by atoms with E-state index in [9.17, 15) is 8.42 Å². The second kappa shape index (κ2) is 10.3. The molecule has 0 aliphatic carbocycles. The highest BCUT2D eigenvalue weighted by Gasteiger charge is 2.41. The van der Waals surface area contributed by atoms with Crippen LogP contribution in [0.2, 0.25) is 0 Å². The number of hydrogen-bond acceptors (Lipinski definition) is 3. The molecule has 3 nitrogen and oxygen atoms in total. The highest BCUT2D eigenvalue weighted by molar-refractivity contribution is 7.92. The van der Waals surface area contributed by atoms with Crippen molar-refractivity contribution in [2.75, 3.05) is 0 Å². The standard InChI is InChI=1S/C21H34O3S/c1-3-4-5-6-7-8-9-11-14-19-17-21(18(2)24-19)25(22,23)20-15-12-10-13-16-20/h10,12-13,15-16,18-19,21H,3-9,11,14,17H2,1-2H3/t18-,19+,21+/m1/s1. The Kier molecular flexibility index (Phi) is 8.44. The molecule has 25 heavy (non-hydrogen) atoms. The molecular weight excluding hydrogens is 332 g/mol. The number of benzene rings is 1. The predicted molar refractivity (Wildman–Crippen MR) is 104 cm³/mol. The fourth-order valence-electron chi connectivity index (χ4n) is 3.75. The highest BCUT2D eigenvalue weighted by Crippen LogP contribution is 2.32. The lowest BCUT2D eigenvalue weighted by molar-refractivity contribution is 0.0499. The average Bonchev–Trinajstić information content (AvgIpc) is 2.99. The number of sulfone groups is 1. The number of unbranched alkanes of at least 4 members (excludes halogenated alkanes) is 7. The summed E-state index contributed by atoms with van der Waals surface area (Å²) in [6.45, 7) is 4.15. The molecule has 1 fully saturated rings. The van der Waals surface area contributed by atoms with Crippen LogP contribution in [0.3, 0.4) is 0 Å². The fourth-order valence-corrected chi connectivity index (χ4v) is 5.68. The first-order chi connectivity index (χ1) is 12.1. The van der Waals surface area contributed by atoms with E-state index in [-0.39, 0.29) is 12.2 Å². The minimum absolute atomic E-state index is 0.0959. The Labute approximate surface area is 154 Å². The van der Waals surface area contributed by atoms with E-state index in [1.807, 2.05) is 13.0 Å². The predicted octanol–water partition coefficient (Wildman–Crippen LogP) is 5.54. The van der Waals surface area contributed by atoms with Gasteiger partial charge in [-0.15, -0.1) is 0 Å². The molecule has 1 aromatic rings. The van der Waals surface area contributed by atoms with Crippen molar-refractivity contribution in [1.29, 1.82) is 0 Å². The molecule has 0 unspecified atom stereocenters. The quantitative estimate of drug-likeness (QED) is 0.483. The molecule has 1 saturated heterocycles. The van der Waals surface area contributed by atoms with Gasteiger partial charge >= 0.3 is 0 Å². The Morgan fingerprint density at radius 1 is 0.960 bits per heavy atom. The molecule has 0 amide bonds. The second-order valence-corrected chi connectivity index (χ2v) is 9.53. The Bertz CT molecular complexity index is 582. The molecule has 0 bridgehead atoms. The molecule has 142 valence electrons. The highest BCUT2D eigenvalue weighted by atomic mass is 32.2. The van der Waals surface area contributed by atoms with Crippen LogP contribution < -0.4 is 0 Å². The summed E-state index contributed by atoms with van der Waals surface area (Å²) in [6, 6.07) is 8.79. The van der Waals surface area contributed by atoms with Crippen molar-refractivity contribution < 1.29 is 13.2 Å². The minimum atomic E-state index is -3.29. The normalized spacial score (nSPS) is 23.8. The summed E-state index contributed by atoms with van der Waals surface area (Å²) in [5, 5.41) is -0.408. The van der Waals surface area contributed by atoms with Gasteiger partial charge in [0.05, 0.1) is 22.4 Å². The van der Waals surface area contributed by atoms with Crippen LogP contribution in [0.4, 0.5) is 0 Å². The van der Waals surface area contributed by atoms with Crippen LogP contribution in [0, 0.1) is 0 Å². The van der Waals surface area contributed by atoms with E-state index in [0.717, 1.165) is 12.8 Å². The van der Waals surface area contributed by atoms with E-state index in [2.05, 4.69) is 6.92 Å². The Morgan fingerprint density at radius 3 is 2.20 bits per heavy atom. The number of ether oxygens (including phenoxy) is 1. The van der Waals surface area contributed by atoms with Crippen LogP contribution in [-0.2, 0) is 14.6 Å². The average molecular weight is 367 g/mol. The first-order valence-electron chi connectivity index (χ1n) is 10.00. The zero-order valence-electron chi connectivity index (χ0n) is 15.8. The minimum Gasteiger partial charge on any atom is -0.374 e. The van der Waals surface area contributed by atoms with Crippen LogP contribution in [-0.4, -0.2) is 25.9 Å². The van der Waals surface area contributed by atoms with Crippen molar-refractivity contribution in [1.82, 2.24) is 0 Å². The van der Waals surface area contributed by atoms with E-state index >= 15 is 0 Å². The van der Waals surface area contributed by atoms with Crippen molar-refractivity contribution in [3.8, 4) is 0 Å². The zero-order chi connectivity index (χ0) is 18.1. The van der Waals surface area contributed by atoms with Gasteiger partial charge in [-0.05, 0) is 31.9 Å². The molecule has 3 atom stereocenters. The lowest BCUT2D eigenvalue weighted by Crippen LogP contribution is -2.28. The maximum absolute atomic E-state index is 12.8. The SMILES string of the molecule is CCCCCCCCCC[C@H]1C[C@H](S(=O)(=O)c2ccccc2)[C@@H](C)O1. The lowest BCUT2D eigenvalue weighted by atomic mass is 10.0. The van der Waals surface area contributed by atoms with E-state index < -0.39 is 15.1 Å². The first kappa shape index (κ1) is 20.4. The molecule has 1 heterocycles. The van der Waals surface area contributed by atoms with Crippen molar-refractivity contribution in [2.24, 2.45) is 0 Å². The van der Waals surface area contributed by atoms with E-state index in [1.54, 1.807) is 24.3 Å². The molecule has 0 radical (unpaired) electrons. The summed E-state index contributed by atoms with van der Waals surface area (Å²) >= 11 is 0. The molecule has 1 aliphatic heterocycles. The molecule has 0 aromatic heterocycles. The van der Waals surface area contributed by atoms with Gasteiger partial charge in [0.2, 0.25) is 0 Å². The van der Waals surface area contributed by atoms with Gasteiger partial charge in [0.1, 0.15) is 0 Å². The monoisotopic (exact) mass is 366 g/mol. The summed E-state index contributed by atoms with van der Waals surface area (Å²) < 4.78 is 31.6. The smallest absolute Gasteiger partial charge is 0.183 e. The van der Waals surface area contributed by atoms with Gasteiger partial charge in [-0.3, -0.25) is 0 Å². The Hall–Kier alpha value is -0.870. The van der Waals surface area contributed by atoms with Crippen molar-refractivity contribution in [2.45, 2.75) is 100 Å². The van der Waals surface area contributed by atoms with Crippen molar-refractivity contribution in [3.63, 3.8) is 0 Å². The molecule has 4 heteroatoms. The van der Waals surface area contributed by atoms with Crippen LogP contribution in [0.1, 0.15) is 78.1 Å². The van der Waals surface area contributed by atoms with Gasteiger partial charge in [0, 0.05) is 0 Å². The number of rotatable bonds is 11. The summed E-state index contributed by atoms with van der Waals surface area (Å²) in [6.07, 6.45) is 11.8. The molecule has 1 aromatic carbocycles. The summed E-state index contributed by atoms with van der Waals surface area (Å²) in [5.41, 5.74) is 0. The van der Waals surface area contributed by atoms with Crippen molar-refractivity contribution in [3.05, 3.63) is 30.3 Å². The van der Waals surface area contributed by atoms with Crippen LogP contribution in [0.25, 0.3) is 0 Å². The van der Waals surface area contributed by atoms with Crippen LogP contribution in [0.5, 0.6) is 0 Å². The van der Waals surface area contributed by atoms with Gasteiger partial charge in [-0.1, -0.05) is 76.5 Å². The van der Waals surface area contributed by atoms with E-state index in [1.165, 1.54) is 44.9 Å². The van der Waals surface area contributed by atoms with Gasteiger partial charge in [-0.2, -0.15) is 0 Å². The van der Waals surface area contributed by atoms with E-state index in [4.69, 9.17) is 4.74 Å². The molecule has 1 aliphatic rings. The Balaban J connectivity index is 1.72. The van der Waals surface area contributed by atoms with E-state index in [0.29, 0.717) is 11.3 Å². The summed E-state index contributed by atoms with van der Waals surface area (Å²) in [7, 11) is -3.29. The van der Waals surface area contributed by atoms with Gasteiger partial charge in [-0.25, -0.2) is 8.42 Å². The maximum Gasteiger partial charge on any atom is 0.183 e. The van der Waals surface area contributed by atoms with Crippen molar-refractivity contribution >= 4 is 9.84 Å². The third-order valence-corrected chi connectivity index (χ3v) is 7.58. The molecular formula is C21H34O3S. The van der Waals surface area contributed by atoms with Gasteiger partial charge < -0.3 is 4.74 Å². The molecule has 0 spiro atoms. The van der Waals surface area contributed by atoms with Gasteiger partial charge in [0.25, 0.3) is 0 Å². The molecule has 2 rings (SSSR count). The zero-order valence-corrected chi connectivity index (χ0v) is 16.6. The van der Waals surface area contributed by atoms with Crippen LogP contribution in [0.15, 0.2) is 35.2 Å². The van der Waals surface area contributed by atoms with Crippen LogP contribution >= 0.6 is 0 Å². The summed E-state index contributed by atoms with van der Waals surface area (Å²) in [4.78, 5) is 0.420. The summed E-state index contributed by atoms with van der Waals surface area (Å²) in [5.74, 6) is 0. The second-order valence-electron chi connectivity index (χ2n) is 7.36. The number of hydrogen-bond donors (Lipinski definition) is 0. The third-order valence-electron chi connectivity index (χ3n) is 5.28. The largest absolute Gasteiger partial charge is 0.374 e. The topological polar surface area (TPSA) is 43.4 Å². The third kappa shape index (κ3) is 6.10. The van der Waals surface area contributed by atoms with Gasteiger partial charge in [0.15, 0.2) is 9.84 Å². The first-order valence-corrected chi connectivity index (χ1v) is 11.5.